The van der Waals surface area contributed by atoms with Crippen LogP contribution in [-0.2, 0) is 17.7 Å². The maximum atomic E-state index is 6.16. The Morgan fingerprint density at radius 2 is 0.868 bits per heavy atom. The van der Waals surface area contributed by atoms with Crippen molar-refractivity contribution in [1.82, 2.24) is 0 Å². The molecular formula is C31H45BO4Si2. The van der Waals surface area contributed by atoms with Gasteiger partial charge in [0.2, 0.25) is 6.71 Å². The molecule has 0 aliphatic rings. The van der Waals surface area contributed by atoms with Gasteiger partial charge in [0.25, 0.3) is 0 Å². The van der Waals surface area contributed by atoms with Gasteiger partial charge < -0.3 is 17.7 Å². The van der Waals surface area contributed by atoms with Crippen LogP contribution in [0, 0.1) is 20.8 Å². The van der Waals surface area contributed by atoms with Gasteiger partial charge in [0.1, 0.15) is 0 Å². The smallest absolute Gasteiger partial charge is 0.369 e. The summed E-state index contributed by atoms with van der Waals surface area (Å²) >= 11 is 0. The molecule has 0 saturated carbocycles. The minimum absolute atomic E-state index is 0.109. The highest BCUT2D eigenvalue weighted by atomic mass is 28.4. The van der Waals surface area contributed by atoms with Gasteiger partial charge in [-0.05, 0) is 71.9 Å². The van der Waals surface area contributed by atoms with Crippen molar-refractivity contribution in [3.8, 4) is 0 Å². The number of hydrogen-bond acceptors (Lipinski definition) is 4. The number of rotatable bonds is 13. The first-order valence-electron chi connectivity index (χ1n) is 14.0. The molecule has 0 atom stereocenters. The van der Waals surface area contributed by atoms with E-state index in [1.807, 2.05) is 27.7 Å². The first-order chi connectivity index (χ1) is 18.1. The van der Waals surface area contributed by atoms with Gasteiger partial charge in [-0.3, -0.25) is 0 Å². The van der Waals surface area contributed by atoms with Crippen molar-refractivity contribution in [3.05, 3.63) is 77.4 Å². The normalized spacial score (nSPS) is 12.1. The average Bonchev–Trinajstić information content (AvgIpc) is 2.87. The largest absolute Gasteiger partial charge is 0.391 e. The summed E-state index contributed by atoms with van der Waals surface area (Å²) in [6, 6.07) is 22.5. The van der Waals surface area contributed by atoms with Gasteiger partial charge in [0.15, 0.2) is 0 Å². The molecule has 0 fully saturated rings. The lowest BCUT2D eigenvalue weighted by atomic mass is 9.35. The molecule has 0 saturated heterocycles. The Morgan fingerprint density at radius 3 is 1.16 bits per heavy atom. The van der Waals surface area contributed by atoms with Crippen LogP contribution in [0.2, 0.25) is 13.1 Å². The lowest BCUT2D eigenvalue weighted by Gasteiger charge is -2.28. The molecule has 3 aromatic rings. The maximum absolute atomic E-state index is 6.16. The molecule has 7 heteroatoms. The second-order valence-electron chi connectivity index (χ2n) is 10.1. The molecule has 0 unspecified atom stereocenters. The van der Waals surface area contributed by atoms with Crippen molar-refractivity contribution >= 4 is 50.6 Å². The standard InChI is InChI=1S/C31H45BO4Si2/c1-10-33-37(8,34-11-2)29-18-14-27(15-19-29)32(31-25(6)22-24(5)23-26(31)7)28-16-20-30(21-17-28)38(9,35-12-3)36-13-4/h14-23H,10-13H2,1-9H3. The Balaban J connectivity index is 2.12. The molecule has 0 amide bonds. The Hall–Kier alpha value is -2.00. The first kappa shape index (κ1) is 30.5. The molecule has 0 aliphatic carbocycles. The maximum Gasteiger partial charge on any atom is 0.369 e. The van der Waals surface area contributed by atoms with Crippen molar-refractivity contribution in [2.24, 2.45) is 0 Å². The fourth-order valence-corrected chi connectivity index (χ4v) is 10.2. The van der Waals surface area contributed by atoms with Crippen LogP contribution in [-0.4, -0.2) is 50.3 Å². The van der Waals surface area contributed by atoms with Gasteiger partial charge in [-0.15, -0.1) is 0 Å². The molecule has 0 aliphatic heterocycles. The molecule has 0 spiro atoms. The summed E-state index contributed by atoms with van der Waals surface area (Å²) in [7, 11) is -4.88. The van der Waals surface area contributed by atoms with Crippen LogP contribution in [0.15, 0.2) is 60.7 Å². The summed E-state index contributed by atoms with van der Waals surface area (Å²) in [5, 5.41) is 2.32. The van der Waals surface area contributed by atoms with Crippen molar-refractivity contribution in [3.63, 3.8) is 0 Å². The number of aryl methyl sites for hydroxylation is 3. The molecule has 0 heterocycles. The summed E-state index contributed by atoms with van der Waals surface area (Å²) in [6.07, 6.45) is 0. The van der Waals surface area contributed by atoms with E-state index in [0.717, 1.165) is 10.4 Å². The Bertz CT molecular complexity index is 1080. The topological polar surface area (TPSA) is 36.9 Å². The molecule has 0 N–H and O–H groups in total. The van der Waals surface area contributed by atoms with Gasteiger partial charge in [0, 0.05) is 26.4 Å². The van der Waals surface area contributed by atoms with Crippen molar-refractivity contribution in [2.75, 3.05) is 26.4 Å². The molecule has 0 aromatic heterocycles. The summed E-state index contributed by atoms with van der Waals surface area (Å²) in [5.74, 6) is 0. The number of hydrogen-bond donors (Lipinski definition) is 0. The predicted octanol–water partition coefficient (Wildman–Crippen LogP) is 3.83. The van der Waals surface area contributed by atoms with E-state index >= 15 is 0 Å². The summed E-state index contributed by atoms with van der Waals surface area (Å²) < 4.78 is 24.6. The molecule has 0 bridgehead atoms. The van der Waals surface area contributed by atoms with Crippen LogP contribution < -0.4 is 26.8 Å². The highest BCUT2D eigenvalue weighted by Gasteiger charge is 2.36. The molecule has 3 aromatic carbocycles. The van der Waals surface area contributed by atoms with Gasteiger partial charge in [-0.25, -0.2) is 0 Å². The van der Waals surface area contributed by atoms with Gasteiger partial charge in [0.05, 0.1) is 0 Å². The van der Waals surface area contributed by atoms with E-state index in [4.69, 9.17) is 17.7 Å². The molecule has 0 radical (unpaired) electrons. The third-order valence-corrected chi connectivity index (χ3v) is 13.4. The monoisotopic (exact) mass is 548 g/mol. The second kappa shape index (κ2) is 13.4. The Kier molecular flexibility index (Phi) is 10.7. The number of benzene rings is 3. The summed E-state index contributed by atoms with van der Waals surface area (Å²) in [6.45, 7) is 21.7. The van der Waals surface area contributed by atoms with E-state index in [-0.39, 0.29) is 6.71 Å². The van der Waals surface area contributed by atoms with Gasteiger partial charge in [-0.2, -0.15) is 0 Å². The molecule has 38 heavy (non-hydrogen) atoms. The van der Waals surface area contributed by atoms with E-state index < -0.39 is 17.1 Å². The zero-order chi connectivity index (χ0) is 27.9. The van der Waals surface area contributed by atoms with E-state index in [0.29, 0.717) is 26.4 Å². The highest BCUT2D eigenvalue weighted by Crippen LogP contribution is 2.12. The van der Waals surface area contributed by atoms with Crippen molar-refractivity contribution in [2.45, 2.75) is 61.6 Å². The summed E-state index contributed by atoms with van der Waals surface area (Å²) in [5.41, 5.74) is 7.79. The van der Waals surface area contributed by atoms with Crippen LogP contribution in [0.25, 0.3) is 0 Å². The van der Waals surface area contributed by atoms with Crippen LogP contribution in [0.5, 0.6) is 0 Å². The minimum atomic E-state index is -2.44. The van der Waals surface area contributed by atoms with Gasteiger partial charge >= 0.3 is 17.1 Å². The second-order valence-corrected chi connectivity index (χ2v) is 16.2. The molecule has 3 rings (SSSR count). The zero-order valence-corrected chi connectivity index (χ0v) is 26.8. The quantitative estimate of drug-likeness (QED) is 0.305. The van der Waals surface area contributed by atoms with Crippen LogP contribution in [0.4, 0.5) is 0 Å². The van der Waals surface area contributed by atoms with Crippen LogP contribution in [0.1, 0.15) is 44.4 Å². The zero-order valence-electron chi connectivity index (χ0n) is 24.8. The van der Waals surface area contributed by atoms with Crippen molar-refractivity contribution in [1.29, 1.82) is 0 Å². The predicted molar refractivity (Wildman–Crippen MR) is 167 cm³/mol. The van der Waals surface area contributed by atoms with E-state index in [1.54, 1.807) is 0 Å². The fourth-order valence-electron chi connectivity index (χ4n) is 5.65. The molecular weight excluding hydrogens is 503 g/mol. The fraction of sp³-hybridized carbons (Fsp3) is 0.419. The summed E-state index contributed by atoms with van der Waals surface area (Å²) in [4.78, 5) is 0. The highest BCUT2D eigenvalue weighted by molar-refractivity contribution is 6.96. The van der Waals surface area contributed by atoms with Crippen molar-refractivity contribution < 1.29 is 17.7 Å². The average molecular weight is 549 g/mol. The van der Waals surface area contributed by atoms with Crippen LogP contribution >= 0.6 is 0 Å². The minimum Gasteiger partial charge on any atom is -0.391 e. The SMILES string of the molecule is CCO[Si](C)(OCC)c1ccc(B(c2ccc([Si](C)(OCC)OCC)cc2)c2c(C)cc(C)cc2C)cc1. The van der Waals surface area contributed by atoms with Crippen LogP contribution in [0.3, 0.4) is 0 Å². The lowest BCUT2D eigenvalue weighted by molar-refractivity contribution is 0.201. The first-order valence-corrected chi connectivity index (χ1v) is 18.6. The van der Waals surface area contributed by atoms with E-state index in [1.165, 1.54) is 33.1 Å². The van der Waals surface area contributed by atoms with E-state index in [2.05, 4.69) is 94.5 Å². The molecule has 204 valence electrons. The molecule has 4 nitrogen and oxygen atoms in total. The Labute approximate surface area is 233 Å². The van der Waals surface area contributed by atoms with E-state index in [9.17, 15) is 0 Å². The third-order valence-electron chi connectivity index (χ3n) is 7.24. The van der Waals surface area contributed by atoms with Gasteiger partial charge in [-0.1, -0.05) is 93.7 Å². The Morgan fingerprint density at radius 1 is 0.553 bits per heavy atom. The lowest BCUT2D eigenvalue weighted by Crippen LogP contribution is -2.56. The third kappa shape index (κ3) is 6.76.